The predicted molar refractivity (Wildman–Crippen MR) is 68.3 cm³/mol. The Kier molecular flexibility index (Phi) is 2.35. The third-order valence-electron chi connectivity index (χ3n) is 3.65. The maximum absolute atomic E-state index is 11.6. The van der Waals surface area contributed by atoms with Crippen LogP contribution in [0, 0.1) is 0 Å². The molecule has 2 aromatic rings. The number of aromatic nitrogens is 1. The molecule has 0 unspecified atom stereocenters. The molecular weight excluding hydrogens is 228 g/mol. The van der Waals surface area contributed by atoms with Crippen molar-refractivity contribution in [1.82, 2.24) is 4.98 Å². The van der Waals surface area contributed by atoms with Crippen LogP contribution in [0.1, 0.15) is 28.9 Å². The van der Waals surface area contributed by atoms with Crippen LogP contribution in [0.25, 0.3) is 10.9 Å². The zero-order valence-corrected chi connectivity index (χ0v) is 9.89. The number of benzene rings is 1. The first-order valence-electron chi connectivity index (χ1n) is 5.97. The van der Waals surface area contributed by atoms with Gasteiger partial charge in [-0.1, -0.05) is 18.2 Å². The number of rotatable bonds is 3. The van der Waals surface area contributed by atoms with Crippen molar-refractivity contribution in [2.24, 2.45) is 5.73 Å². The lowest BCUT2D eigenvalue weighted by atomic mass is 9.96. The summed E-state index contributed by atoms with van der Waals surface area (Å²) in [6, 6.07) is 9.37. The van der Waals surface area contributed by atoms with Gasteiger partial charge in [0.15, 0.2) is 0 Å². The number of hydrogen-bond donors (Lipinski definition) is 2. The second-order valence-electron chi connectivity index (χ2n) is 4.88. The topological polar surface area (TPSA) is 76.2 Å². The molecule has 0 bridgehead atoms. The Bertz CT molecular complexity index is 633. The summed E-state index contributed by atoms with van der Waals surface area (Å²) >= 11 is 0. The molecule has 0 saturated heterocycles. The number of nitrogens with two attached hydrogens (primary N) is 1. The minimum Gasteiger partial charge on any atom is -0.395 e. The first-order chi connectivity index (χ1) is 8.66. The van der Waals surface area contributed by atoms with Gasteiger partial charge in [0, 0.05) is 10.8 Å². The summed E-state index contributed by atoms with van der Waals surface area (Å²) in [5.41, 5.74) is 6.98. The van der Waals surface area contributed by atoms with E-state index in [0.29, 0.717) is 11.3 Å². The van der Waals surface area contributed by atoms with Crippen molar-refractivity contribution in [3.63, 3.8) is 0 Å². The molecule has 3 N–H and O–H groups in total. The standard InChI is InChI=1S/C14H14N2O2/c15-13(18)10-7-9-3-1-2-4-11(9)16-12(10)14(8-17)5-6-14/h1-4,7,17H,5-6,8H2,(H2,15,18). The molecule has 1 aromatic carbocycles. The second-order valence-corrected chi connectivity index (χ2v) is 4.88. The highest BCUT2D eigenvalue weighted by Gasteiger charge is 2.47. The van der Waals surface area contributed by atoms with Gasteiger partial charge in [-0.25, -0.2) is 0 Å². The Morgan fingerprint density at radius 3 is 2.72 bits per heavy atom. The molecule has 1 amide bonds. The van der Waals surface area contributed by atoms with Crippen LogP contribution in [-0.4, -0.2) is 22.6 Å². The van der Waals surface area contributed by atoms with Crippen LogP contribution >= 0.6 is 0 Å². The highest BCUT2D eigenvalue weighted by atomic mass is 16.3. The number of aliphatic hydroxyl groups excluding tert-OH is 1. The fourth-order valence-corrected chi connectivity index (χ4v) is 2.33. The number of fused-ring (bicyclic) bond motifs is 1. The van der Waals surface area contributed by atoms with Crippen LogP contribution in [0.4, 0.5) is 0 Å². The fraction of sp³-hybridized carbons (Fsp3) is 0.286. The average molecular weight is 242 g/mol. The lowest BCUT2D eigenvalue weighted by Crippen LogP contribution is -2.22. The van der Waals surface area contributed by atoms with E-state index in [9.17, 15) is 9.90 Å². The quantitative estimate of drug-likeness (QED) is 0.853. The Morgan fingerprint density at radius 1 is 1.39 bits per heavy atom. The molecule has 1 fully saturated rings. The van der Waals surface area contributed by atoms with E-state index >= 15 is 0 Å². The molecular formula is C14H14N2O2. The molecule has 92 valence electrons. The summed E-state index contributed by atoms with van der Waals surface area (Å²) in [4.78, 5) is 16.1. The molecule has 3 rings (SSSR count). The number of nitrogens with zero attached hydrogens (tertiary/aromatic N) is 1. The molecule has 18 heavy (non-hydrogen) atoms. The van der Waals surface area contributed by atoms with Crippen LogP contribution in [0.5, 0.6) is 0 Å². The van der Waals surface area contributed by atoms with Crippen LogP contribution in [-0.2, 0) is 5.41 Å². The van der Waals surface area contributed by atoms with Crippen molar-refractivity contribution in [3.8, 4) is 0 Å². The minimum absolute atomic E-state index is 0.0125. The maximum atomic E-state index is 11.6. The van der Waals surface area contributed by atoms with Crippen molar-refractivity contribution in [2.45, 2.75) is 18.3 Å². The third-order valence-corrected chi connectivity index (χ3v) is 3.65. The maximum Gasteiger partial charge on any atom is 0.250 e. The number of aliphatic hydroxyl groups is 1. The molecule has 4 heteroatoms. The Hall–Kier alpha value is -1.94. The summed E-state index contributed by atoms with van der Waals surface area (Å²) in [6.45, 7) is 0.0125. The van der Waals surface area contributed by atoms with E-state index in [4.69, 9.17) is 5.73 Å². The van der Waals surface area contributed by atoms with E-state index in [2.05, 4.69) is 4.98 Å². The van der Waals surface area contributed by atoms with Gasteiger partial charge in [0.1, 0.15) is 0 Å². The van der Waals surface area contributed by atoms with Gasteiger partial charge in [-0.05, 0) is 25.0 Å². The van der Waals surface area contributed by atoms with Gasteiger partial charge < -0.3 is 10.8 Å². The van der Waals surface area contributed by atoms with E-state index in [1.807, 2.05) is 24.3 Å². The molecule has 1 heterocycles. The zero-order valence-electron chi connectivity index (χ0n) is 9.89. The smallest absolute Gasteiger partial charge is 0.250 e. The second kappa shape index (κ2) is 3.78. The molecule has 0 spiro atoms. The summed E-state index contributed by atoms with van der Waals surface area (Å²) in [7, 11) is 0. The lowest BCUT2D eigenvalue weighted by molar-refractivity contribution is 0.0997. The number of para-hydroxylation sites is 1. The van der Waals surface area contributed by atoms with Crippen molar-refractivity contribution in [1.29, 1.82) is 0 Å². The molecule has 1 aromatic heterocycles. The monoisotopic (exact) mass is 242 g/mol. The third kappa shape index (κ3) is 1.57. The van der Waals surface area contributed by atoms with Crippen molar-refractivity contribution >= 4 is 16.8 Å². The molecule has 4 nitrogen and oxygen atoms in total. The number of carbonyl (C=O) groups excluding carboxylic acids is 1. The number of carbonyl (C=O) groups is 1. The van der Waals surface area contributed by atoms with Crippen LogP contribution in [0.3, 0.4) is 0 Å². The van der Waals surface area contributed by atoms with E-state index in [1.54, 1.807) is 6.07 Å². The number of pyridine rings is 1. The van der Waals surface area contributed by atoms with Gasteiger partial charge in [0.05, 0.1) is 23.4 Å². The number of amides is 1. The molecule has 1 aliphatic rings. The first kappa shape index (κ1) is 11.2. The number of hydrogen-bond acceptors (Lipinski definition) is 3. The zero-order chi connectivity index (χ0) is 12.8. The van der Waals surface area contributed by atoms with Crippen molar-refractivity contribution in [2.75, 3.05) is 6.61 Å². The molecule has 1 saturated carbocycles. The summed E-state index contributed by atoms with van der Waals surface area (Å²) in [5.74, 6) is -0.483. The van der Waals surface area contributed by atoms with Crippen LogP contribution in [0.2, 0.25) is 0 Å². The van der Waals surface area contributed by atoms with Gasteiger partial charge in [-0.15, -0.1) is 0 Å². The summed E-state index contributed by atoms with van der Waals surface area (Å²) < 4.78 is 0. The molecule has 1 aliphatic carbocycles. The van der Waals surface area contributed by atoms with Gasteiger partial charge in [-0.2, -0.15) is 0 Å². The van der Waals surface area contributed by atoms with E-state index < -0.39 is 5.91 Å². The summed E-state index contributed by atoms with van der Waals surface area (Å²) in [6.07, 6.45) is 1.71. The van der Waals surface area contributed by atoms with Crippen molar-refractivity contribution in [3.05, 3.63) is 41.6 Å². The van der Waals surface area contributed by atoms with E-state index in [1.165, 1.54) is 0 Å². The Balaban J connectivity index is 2.28. The van der Waals surface area contributed by atoms with Crippen molar-refractivity contribution < 1.29 is 9.90 Å². The fourth-order valence-electron chi connectivity index (χ4n) is 2.33. The number of primary amides is 1. The highest BCUT2D eigenvalue weighted by molar-refractivity contribution is 5.98. The molecule has 0 radical (unpaired) electrons. The largest absolute Gasteiger partial charge is 0.395 e. The SMILES string of the molecule is NC(=O)c1cc2ccccc2nc1C1(CO)CC1. The molecule has 0 aliphatic heterocycles. The van der Waals surface area contributed by atoms with Gasteiger partial charge in [0.25, 0.3) is 5.91 Å². The van der Waals surface area contributed by atoms with Gasteiger partial charge in [-0.3, -0.25) is 9.78 Å². The Morgan fingerprint density at radius 2 is 2.11 bits per heavy atom. The highest BCUT2D eigenvalue weighted by Crippen LogP contribution is 2.48. The average Bonchev–Trinajstić information content (AvgIpc) is 3.18. The van der Waals surface area contributed by atoms with E-state index in [0.717, 1.165) is 23.7 Å². The van der Waals surface area contributed by atoms with Gasteiger partial charge in [0.2, 0.25) is 0 Å². The Labute approximate surface area is 104 Å². The van der Waals surface area contributed by atoms with Gasteiger partial charge >= 0.3 is 0 Å². The first-order valence-corrected chi connectivity index (χ1v) is 5.97. The predicted octanol–water partition coefficient (Wildman–Crippen LogP) is 1.36. The van der Waals surface area contributed by atoms with Crippen LogP contribution in [0.15, 0.2) is 30.3 Å². The minimum atomic E-state index is -0.483. The summed E-state index contributed by atoms with van der Waals surface area (Å²) in [5, 5.41) is 10.4. The molecule has 0 atom stereocenters. The van der Waals surface area contributed by atoms with Crippen LogP contribution < -0.4 is 5.73 Å². The normalized spacial score (nSPS) is 16.7. The van der Waals surface area contributed by atoms with E-state index in [-0.39, 0.29) is 12.0 Å². The lowest BCUT2D eigenvalue weighted by Gasteiger charge is -2.15.